The third kappa shape index (κ3) is 6.31. The van der Waals surface area contributed by atoms with Crippen LogP contribution in [0.2, 0.25) is 0 Å². The molecule has 1 aromatic carbocycles. The van der Waals surface area contributed by atoms with E-state index in [-0.39, 0.29) is 11.7 Å². The summed E-state index contributed by atoms with van der Waals surface area (Å²) in [7, 11) is 1.68. The van der Waals surface area contributed by atoms with Crippen LogP contribution < -0.4 is 19.9 Å². The molecule has 0 bridgehead atoms. The molecule has 10 heteroatoms. The number of rotatable bonds is 10. The van der Waals surface area contributed by atoms with Gasteiger partial charge in [0.05, 0.1) is 25.7 Å². The standard InChI is InChI=1S/C28H31N5O4S/c1-3-20-17-26(33-14-12-32(13-15-33)21-6-8-22(35-2)9-7-21)31-28(30-20)38-19-24-10-11-25(37-24)27(34)29-18-23-5-4-16-36-23/h4-11,16-17H,3,12-15,18-19H2,1-2H3,(H,29,34). The molecule has 0 aliphatic carbocycles. The fourth-order valence-electron chi connectivity index (χ4n) is 4.23. The van der Waals surface area contributed by atoms with Crippen molar-refractivity contribution in [3.05, 3.63) is 83.8 Å². The summed E-state index contributed by atoms with van der Waals surface area (Å²) in [5.74, 6) is 3.72. The van der Waals surface area contributed by atoms with Gasteiger partial charge in [-0.25, -0.2) is 9.97 Å². The summed E-state index contributed by atoms with van der Waals surface area (Å²) in [6.07, 6.45) is 2.41. The van der Waals surface area contributed by atoms with Crippen molar-refractivity contribution < 1.29 is 18.4 Å². The number of aromatic nitrogens is 2. The molecule has 198 valence electrons. The maximum atomic E-state index is 12.4. The summed E-state index contributed by atoms with van der Waals surface area (Å²) in [5.41, 5.74) is 2.21. The Morgan fingerprint density at radius 3 is 2.53 bits per heavy atom. The van der Waals surface area contributed by atoms with E-state index in [1.807, 2.05) is 24.3 Å². The first-order chi connectivity index (χ1) is 18.6. The van der Waals surface area contributed by atoms with Crippen molar-refractivity contribution in [2.24, 2.45) is 0 Å². The number of thioether (sulfide) groups is 1. The van der Waals surface area contributed by atoms with Gasteiger partial charge in [-0.3, -0.25) is 4.79 Å². The second-order valence-electron chi connectivity index (χ2n) is 8.84. The summed E-state index contributed by atoms with van der Waals surface area (Å²) in [6, 6.07) is 17.4. The largest absolute Gasteiger partial charge is 0.497 e. The van der Waals surface area contributed by atoms with Crippen LogP contribution in [0.3, 0.4) is 0 Å². The summed E-state index contributed by atoms with van der Waals surface area (Å²) in [5, 5.41) is 3.50. The second-order valence-corrected chi connectivity index (χ2v) is 9.78. The number of hydrogen-bond donors (Lipinski definition) is 1. The molecule has 1 N–H and O–H groups in total. The lowest BCUT2D eigenvalue weighted by Gasteiger charge is -2.37. The summed E-state index contributed by atoms with van der Waals surface area (Å²) in [4.78, 5) is 26.6. The third-order valence-electron chi connectivity index (χ3n) is 6.38. The number of amides is 1. The molecule has 0 atom stereocenters. The number of piperazine rings is 1. The molecule has 1 aliphatic rings. The van der Waals surface area contributed by atoms with E-state index in [0.29, 0.717) is 29.0 Å². The minimum absolute atomic E-state index is 0.269. The van der Waals surface area contributed by atoms with Crippen molar-refractivity contribution >= 4 is 29.2 Å². The van der Waals surface area contributed by atoms with E-state index in [0.717, 1.165) is 49.9 Å². The third-order valence-corrected chi connectivity index (χ3v) is 7.25. The van der Waals surface area contributed by atoms with E-state index >= 15 is 0 Å². The van der Waals surface area contributed by atoms with E-state index in [2.05, 4.69) is 40.2 Å². The van der Waals surface area contributed by atoms with Crippen LogP contribution in [0.5, 0.6) is 5.75 Å². The van der Waals surface area contributed by atoms with Gasteiger partial charge < -0.3 is 28.7 Å². The molecule has 9 nitrogen and oxygen atoms in total. The van der Waals surface area contributed by atoms with Gasteiger partial charge in [0.2, 0.25) is 0 Å². The van der Waals surface area contributed by atoms with Crippen LogP contribution in [0.4, 0.5) is 11.5 Å². The smallest absolute Gasteiger partial charge is 0.287 e. The lowest BCUT2D eigenvalue weighted by molar-refractivity contribution is 0.0919. The number of nitrogens with zero attached hydrogens (tertiary/aromatic N) is 4. The summed E-state index contributed by atoms with van der Waals surface area (Å²) < 4.78 is 16.3. The molecule has 1 amide bonds. The van der Waals surface area contributed by atoms with Gasteiger partial charge in [0.15, 0.2) is 10.9 Å². The zero-order valence-electron chi connectivity index (χ0n) is 21.6. The van der Waals surface area contributed by atoms with Gasteiger partial charge in [-0.2, -0.15) is 0 Å². The number of furan rings is 2. The topological polar surface area (TPSA) is 96.9 Å². The van der Waals surface area contributed by atoms with Crippen LogP contribution in [-0.4, -0.2) is 49.2 Å². The number of aryl methyl sites for hydroxylation is 1. The van der Waals surface area contributed by atoms with Crippen molar-refractivity contribution in [3.8, 4) is 5.75 Å². The van der Waals surface area contributed by atoms with Crippen molar-refractivity contribution in [3.63, 3.8) is 0 Å². The molecule has 0 unspecified atom stereocenters. The van der Waals surface area contributed by atoms with E-state index < -0.39 is 0 Å². The Morgan fingerprint density at radius 1 is 1.03 bits per heavy atom. The summed E-state index contributed by atoms with van der Waals surface area (Å²) in [6.45, 7) is 6.00. The van der Waals surface area contributed by atoms with Gasteiger partial charge in [-0.1, -0.05) is 18.7 Å². The molecule has 3 aromatic heterocycles. The lowest BCUT2D eigenvalue weighted by Crippen LogP contribution is -2.46. The second kappa shape index (κ2) is 12.1. The van der Waals surface area contributed by atoms with Gasteiger partial charge in [0, 0.05) is 43.6 Å². The molecule has 1 aliphatic heterocycles. The zero-order valence-corrected chi connectivity index (χ0v) is 22.4. The lowest BCUT2D eigenvalue weighted by atomic mass is 10.2. The Kier molecular flexibility index (Phi) is 8.18. The highest BCUT2D eigenvalue weighted by Gasteiger charge is 2.20. The molecule has 4 heterocycles. The Bertz CT molecular complexity index is 1330. The minimum Gasteiger partial charge on any atom is -0.497 e. The van der Waals surface area contributed by atoms with Gasteiger partial charge in [-0.15, -0.1) is 0 Å². The molecule has 1 saturated heterocycles. The maximum Gasteiger partial charge on any atom is 0.287 e. The predicted octanol–water partition coefficient (Wildman–Crippen LogP) is 4.78. The van der Waals surface area contributed by atoms with Crippen LogP contribution in [-0.2, 0) is 18.7 Å². The average molecular weight is 534 g/mol. The Morgan fingerprint density at radius 2 is 1.82 bits per heavy atom. The first-order valence-corrected chi connectivity index (χ1v) is 13.6. The molecule has 0 radical (unpaired) electrons. The number of ether oxygens (including phenoxy) is 1. The molecule has 0 saturated carbocycles. The van der Waals surface area contributed by atoms with Crippen molar-refractivity contribution in [2.45, 2.75) is 30.8 Å². The molecule has 4 aromatic rings. The minimum atomic E-state index is -0.280. The van der Waals surface area contributed by atoms with Gasteiger partial charge in [0.1, 0.15) is 23.1 Å². The van der Waals surface area contributed by atoms with Crippen molar-refractivity contribution in [1.29, 1.82) is 0 Å². The highest BCUT2D eigenvalue weighted by molar-refractivity contribution is 7.98. The van der Waals surface area contributed by atoms with Gasteiger partial charge >= 0.3 is 0 Å². The molecular formula is C28H31N5O4S. The molecule has 38 heavy (non-hydrogen) atoms. The summed E-state index contributed by atoms with van der Waals surface area (Å²) >= 11 is 1.51. The first-order valence-electron chi connectivity index (χ1n) is 12.6. The van der Waals surface area contributed by atoms with E-state index in [1.165, 1.54) is 17.4 Å². The molecule has 0 spiro atoms. The number of hydrogen-bond acceptors (Lipinski definition) is 9. The van der Waals surface area contributed by atoms with Crippen molar-refractivity contribution in [2.75, 3.05) is 43.1 Å². The SMILES string of the molecule is CCc1cc(N2CCN(c3ccc(OC)cc3)CC2)nc(SCc2ccc(C(=O)NCc3ccco3)o2)n1. The number of carbonyl (C=O) groups excluding carboxylic acids is 1. The normalized spacial score (nSPS) is 13.5. The van der Waals surface area contributed by atoms with E-state index in [4.69, 9.17) is 23.5 Å². The maximum absolute atomic E-state index is 12.4. The first kappa shape index (κ1) is 25.7. The van der Waals surface area contributed by atoms with Gasteiger partial charge in [-0.05, 0) is 55.0 Å². The molecule has 5 rings (SSSR count). The van der Waals surface area contributed by atoms with Crippen LogP contribution in [0.15, 0.2) is 74.9 Å². The zero-order chi connectivity index (χ0) is 26.3. The Labute approximate surface area is 226 Å². The predicted molar refractivity (Wildman–Crippen MR) is 147 cm³/mol. The van der Waals surface area contributed by atoms with E-state index in [1.54, 1.807) is 25.5 Å². The van der Waals surface area contributed by atoms with Crippen LogP contribution in [0, 0.1) is 0 Å². The molecule has 1 fully saturated rings. The fraction of sp³-hybridized carbons (Fsp3) is 0.321. The Hall–Kier alpha value is -3.92. The number of methoxy groups -OCH3 is 1. The average Bonchev–Trinajstić information content (AvgIpc) is 3.67. The number of carbonyl (C=O) groups is 1. The van der Waals surface area contributed by atoms with Crippen LogP contribution in [0.1, 0.15) is 34.7 Å². The quantitative estimate of drug-likeness (QED) is 0.228. The monoisotopic (exact) mass is 533 g/mol. The Balaban J connectivity index is 1.17. The van der Waals surface area contributed by atoms with Gasteiger partial charge in [0.25, 0.3) is 5.91 Å². The van der Waals surface area contributed by atoms with Crippen LogP contribution >= 0.6 is 11.8 Å². The fourth-order valence-corrected chi connectivity index (χ4v) is 5.00. The number of benzene rings is 1. The highest BCUT2D eigenvalue weighted by Crippen LogP contribution is 2.26. The number of anilines is 2. The van der Waals surface area contributed by atoms with Crippen LogP contribution in [0.25, 0.3) is 0 Å². The van der Waals surface area contributed by atoms with Crippen molar-refractivity contribution in [1.82, 2.24) is 15.3 Å². The molecular weight excluding hydrogens is 502 g/mol. The highest BCUT2D eigenvalue weighted by atomic mass is 32.2. The number of nitrogens with one attached hydrogen (secondary N) is 1. The van der Waals surface area contributed by atoms with E-state index in [9.17, 15) is 4.79 Å².